The predicted octanol–water partition coefficient (Wildman–Crippen LogP) is 1.94. The second-order valence-electron chi connectivity index (χ2n) is 5.63. The van der Waals surface area contributed by atoms with E-state index in [1.54, 1.807) is 4.90 Å². The van der Waals surface area contributed by atoms with Crippen LogP contribution in [-0.2, 0) is 16.1 Å². The number of hydrogen-bond acceptors (Lipinski definition) is 4. The number of hydrogen-bond donors (Lipinski definition) is 1. The number of ether oxygens (including phenoxy) is 2. The fourth-order valence-corrected chi connectivity index (χ4v) is 3.15. The second kappa shape index (κ2) is 6.45. The molecule has 0 aliphatic carbocycles. The first kappa shape index (κ1) is 14.4. The molecule has 5 heteroatoms. The van der Waals surface area contributed by atoms with Gasteiger partial charge in [0.2, 0.25) is 0 Å². The summed E-state index contributed by atoms with van der Waals surface area (Å²) in [6.07, 6.45) is 1.40. The molecule has 114 valence electrons. The summed E-state index contributed by atoms with van der Waals surface area (Å²) in [5, 5.41) is 10.2. The van der Waals surface area contributed by atoms with Gasteiger partial charge in [-0.05, 0) is 24.8 Å². The van der Waals surface area contributed by atoms with Crippen molar-refractivity contribution in [2.45, 2.75) is 44.1 Å². The molecule has 2 aliphatic rings. The number of likely N-dealkylation sites (tertiary alicyclic amines) is 1. The van der Waals surface area contributed by atoms with E-state index in [1.807, 2.05) is 30.3 Å². The lowest BCUT2D eigenvalue weighted by Gasteiger charge is -2.45. The zero-order chi connectivity index (χ0) is 14.7. The highest BCUT2D eigenvalue weighted by Crippen LogP contribution is 2.28. The van der Waals surface area contributed by atoms with Crippen molar-refractivity contribution in [3.05, 3.63) is 35.9 Å². The van der Waals surface area contributed by atoms with Crippen molar-refractivity contribution >= 4 is 6.09 Å². The van der Waals surface area contributed by atoms with E-state index in [4.69, 9.17) is 9.47 Å². The molecule has 1 N–H and O–H groups in total. The third-order valence-electron chi connectivity index (χ3n) is 4.21. The predicted molar refractivity (Wildman–Crippen MR) is 76.7 cm³/mol. The Kier molecular flexibility index (Phi) is 4.41. The number of piperidine rings is 1. The van der Waals surface area contributed by atoms with E-state index in [9.17, 15) is 9.90 Å². The molecule has 0 radical (unpaired) electrons. The summed E-state index contributed by atoms with van der Waals surface area (Å²) >= 11 is 0. The summed E-state index contributed by atoms with van der Waals surface area (Å²) in [7, 11) is 0. The molecule has 2 fully saturated rings. The van der Waals surface area contributed by atoms with Crippen molar-refractivity contribution in [3.8, 4) is 0 Å². The quantitative estimate of drug-likeness (QED) is 0.904. The Balaban J connectivity index is 1.62. The van der Waals surface area contributed by atoms with Crippen LogP contribution in [0.2, 0.25) is 0 Å². The number of benzene rings is 1. The molecule has 1 amide bonds. The van der Waals surface area contributed by atoms with Crippen molar-refractivity contribution in [2.75, 3.05) is 13.2 Å². The number of nitrogens with zero attached hydrogens (tertiary/aromatic N) is 1. The van der Waals surface area contributed by atoms with Gasteiger partial charge in [0, 0.05) is 13.2 Å². The summed E-state index contributed by atoms with van der Waals surface area (Å²) in [6.45, 7) is 1.44. The summed E-state index contributed by atoms with van der Waals surface area (Å²) < 4.78 is 11.1. The lowest BCUT2D eigenvalue weighted by atomic mass is 9.91. The van der Waals surface area contributed by atoms with Gasteiger partial charge in [-0.15, -0.1) is 0 Å². The largest absolute Gasteiger partial charge is 0.445 e. The number of carbonyl (C=O) groups is 1. The van der Waals surface area contributed by atoms with Crippen LogP contribution in [0.25, 0.3) is 0 Å². The molecule has 1 aromatic rings. The van der Waals surface area contributed by atoms with Gasteiger partial charge in [-0.25, -0.2) is 4.79 Å². The van der Waals surface area contributed by atoms with Gasteiger partial charge in [0.05, 0.1) is 18.2 Å². The van der Waals surface area contributed by atoms with Gasteiger partial charge in [0.15, 0.2) is 0 Å². The lowest BCUT2D eigenvalue weighted by Crippen LogP contribution is -2.59. The van der Waals surface area contributed by atoms with Crippen molar-refractivity contribution in [1.82, 2.24) is 4.90 Å². The highest BCUT2D eigenvalue weighted by molar-refractivity contribution is 5.68. The maximum absolute atomic E-state index is 12.3. The van der Waals surface area contributed by atoms with Crippen LogP contribution in [0.5, 0.6) is 0 Å². The Bertz CT molecular complexity index is 476. The molecular formula is C16H21NO4. The molecule has 1 aromatic carbocycles. The normalized spacial score (nSPS) is 28.8. The summed E-state index contributed by atoms with van der Waals surface area (Å²) in [5.41, 5.74) is 0.958. The highest BCUT2D eigenvalue weighted by Gasteiger charge is 2.42. The van der Waals surface area contributed by atoms with Gasteiger partial charge in [-0.2, -0.15) is 0 Å². The first-order chi connectivity index (χ1) is 10.3. The Morgan fingerprint density at radius 1 is 1.33 bits per heavy atom. The van der Waals surface area contributed by atoms with Gasteiger partial charge in [-0.1, -0.05) is 30.3 Å². The zero-order valence-electron chi connectivity index (χ0n) is 12.0. The van der Waals surface area contributed by atoms with Crippen LogP contribution in [0.1, 0.15) is 24.8 Å². The van der Waals surface area contributed by atoms with Gasteiger partial charge in [-0.3, -0.25) is 4.90 Å². The van der Waals surface area contributed by atoms with Gasteiger partial charge in [0.1, 0.15) is 6.61 Å². The van der Waals surface area contributed by atoms with Gasteiger partial charge in [0.25, 0.3) is 0 Å². The minimum Gasteiger partial charge on any atom is -0.445 e. The Morgan fingerprint density at radius 2 is 2.14 bits per heavy atom. The lowest BCUT2D eigenvalue weighted by molar-refractivity contribution is -0.123. The SMILES string of the molecule is O=C(OCc1ccccc1)N1CCCC2OCCC(O)C21. The fourth-order valence-electron chi connectivity index (χ4n) is 3.15. The van der Waals surface area contributed by atoms with E-state index < -0.39 is 6.10 Å². The van der Waals surface area contributed by atoms with Crippen LogP contribution >= 0.6 is 0 Å². The maximum atomic E-state index is 12.3. The average molecular weight is 291 g/mol. The molecule has 0 saturated carbocycles. The third kappa shape index (κ3) is 3.19. The van der Waals surface area contributed by atoms with Crippen LogP contribution in [0.4, 0.5) is 4.79 Å². The molecule has 5 nitrogen and oxygen atoms in total. The van der Waals surface area contributed by atoms with E-state index in [0.717, 1.165) is 18.4 Å². The second-order valence-corrected chi connectivity index (χ2v) is 5.63. The Labute approximate surface area is 124 Å². The highest BCUT2D eigenvalue weighted by atomic mass is 16.6. The monoisotopic (exact) mass is 291 g/mol. The van der Waals surface area contributed by atoms with E-state index in [-0.39, 0.29) is 24.8 Å². The molecule has 0 aromatic heterocycles. The topological polar surface area (TPSA) is 59.0 Å². The molecule has 2 heterocycles. The number of carbonyl (C=O) groups excluding carboxylic acids is 1. The van der Waals surface area contributed by atoms with Crippen LogP contribution in [-0.4, -0.2) is 47.5 Å². The molecule has 3 atom stereocenters. The molecule has 21 heavy (non-hydrogen) atoms. The number of rotatable bonds is 2. The Hall–Kier alpha value is -1.59. The minimum absolute atomic E-state index is 0.0632. The maximum Gasteiger partial charge on any atom is 0.410 e. The first-order valence-electron chi connectivity index (χ1n) is 7.52. The summed E-state index contributed by atoms with van der Waals surface area (Å²) in [6, 6.07) is 9.33. The standard InChI is InChI=1S/C16H21NO4/c18-13-8-10-20-14-7-4-9-17(15(13)14)16(19)21-11-12-5-2-1-3-6-12/h1-3,5-6,13-15,18H,4,7-11H2. The molecule has 3 rings (SSSR count). The summed E-state index contributed by atoms with van der Waals surface area (Å²) in [4.78, 5) is 13.9. The molecular weight excluding hydrogens is 270 g/mol. The average Bonchev–Trinajstić information content (AvgIpc) is 2.53. The number of fused-ring (bicyclic) bond motifs is 1. The molecule has 2 aliphatic heterocycles. The van der Waals surface area contributed by atoms with Crippen molar-refractivity contribution < 1.29 is 19.4 Å². The van der Waals surface area contributed by atoms with E-state index in [1.165, 1.54) is 0 Å². The van der Waals surface area contributed by atoms with Gasteiger partial charge < -0.3 is 14.6 Å². The van der Waals surface area contributed by atoms with Gasteiger partial charge >= 0.3 is 6.09 Å². The van der Waals surface area contributed by atoms with Crippen molar-refractivity contribution in [3.63, 3.8) is 0 Å². The molecule has 0 spiro atoms. The number of aliphatic hydroxyl groups is 1. The fraction of sp³-hybridized carbons (Fsp3) is 0.562. The first-order valence-corrected chi connectivity index (χ1v) is 7.52. The van der Waals surface area contributed by atoms with Crippen LogP contribution in [0, 0.1) is 0 Å². The number of amides is 1. The van der Waals surface area contributed by atoms with Crippen LogP contribution < -0.4 is 0 Å². The zero-order valence-corrected chi connectivity index (χ0v) is 12.0. The number of aliphatic hydroxyl groups excluding tert-OH is 1. The smallest absolute Gasteiger partial charge is 0.410 e. The Morgan fingerprint density at radius 3 is 2.95 bits per heavy atom. The van der Waals surface area contributed by atoms with Crippen molar-refractivity contribution in [2.24, 2.45) is 0 Å². The van der Waals surface area contributed by atoms with Crippen LogP contribution in [0.15, 0.2) is 30.3 Å². The third-order valence-corrected chi connectivity index (χ3v) is 4.21. The molecule has 3 unspecified atom stereocenters. The summed E-state index contributed by atoms with van der Waals surface area (Å²) in [5.74, 6) is 0. The molecule has 2 saturated heterocycles. The van der Waals surface area contributed by atoms with Crippen LogP contribution in [0.3, 0.4) is 0 Å². The van der Waals surface area contributed by atoms with Crippen molar-refractivity contribution in [1.29, 1.82) is 0 Å². The minimum atomic E-state index is -0.520. The van der Waals surface area contributed by atoms with E-state index >= 15 is 0 Å². The van der Waals surface area contributed by atoms with E-state index in [2.05, 4.69) is 0 Å². The van der Waals surface area contributed by atoms with E-state index in [0.29, 0.717) is 19.6 Å². The molecule has 0 bridgehead atoms.